The average molecular weight is 1270 g/mol. The first-order valence-electron chi connectivity index (χ1n) is 31.9. The molecule has 89 heavy (non-hydrogen) atoms. The maximum atomic E-state index is 14.6. The van der Waals surface area contributed by atoms with E-state index in [0.29, 0.717) is 131 Å². The van der Waals surface area contributed by atoms with Crippen molar-refractivity contribution in [2.24, 2.45) is 35.3 Å². The van der Waals surface area contributed by atoms with E-state index < -0.39 is 120 Å². The van der Waals surface area contributed by atoms with Crippen LogP contribution in [0, 0.1) is 29.6 Å². The minimum atomic E-state index is -2.50. The van der Waals surface area contributed by atoms with Crippen molar-refractivity contribution in [3.8, 4) is 0 Å². The van der Waals surface area contributed by atoms with Gasteiger partial charge < -0.3 is 88.1 Å². The molecule has 6 N–H and O–H groups in total. The second-order valence-electron chi connectivity index (χ2n) is 24.0. The number of esters is 1. The summed E-state index contributed by atoms with van der Waals surface area (Å²) in [6.07, 6.45) is 7.05. The van der Waals surface area contributed by atoms with E-state index in [1.165, 1.54) is 20.1 Å². The lowest BCUT2D eigenvalue weighted by Gasteiger charge is -2.42. The second kappa shape index (κ2) is 42.0. The molecular weight excluding hydrogens is 1160 g/mol. The number of ether oxygens (including phenoxy) is 12. The Hall–Kier alpha value is -4.38. The van der Waals surface area contributed by atoms with Crippen LogP contribution in [-0.2, 0) is 80.8 Å². The Morgan fingerprint density at radius 3 is 1.94 bits per heavy atom. The summed E-state index contributed by atoms with van der Waals surface area (Å²) in [4.78, 5) is 85.1. The summed E-state index contributed by atoms with van der Waals surface area (Å²) in [5.74, 6) is -9.18. The lowest BCUT2D eigenvalue weighted by Crippen LogP contribution is -2.61. The molecule has 1 aliphatic carbocycles. The van der Waals surface area contributed by atoms with Crippen LogP contribution in [0.1, 0.15) is 119 Å². The van der Waals surface area contributed by atoms with Crippen LogP contribution in [0.5, 0.6) is 0 Å². The summed E-state index contributed by atoms with van der Waals surface area (Å²) in [5, 5.41) is 37.1. The Kier molecular flexibility index (Phi) is 36.3. The van der Waals surface area contributed by atoms with Gasteiger partial charge >= 0.3 is 12.1 Å². The van der Waals surface area contributed by atoms with Gasteiger partial charge in [-0.15, -0.1) is 0 Å². The zero-order chi connectivity index (χ0) is 65.3. The molecule has 508 valence electrons. The number of amides is 2. The first-order chi connectivity index (χ1) is 42.6. The molecule has 3 aliphatic heterocycles. The molecule has 1 unspecified atom stereocenters. The average Bonchev–Trinajstić information content (AvgIpc) is 1.65. The summed E-state index contributed by atoms with van der Waals surface area (Å²) in [5.41, 5.74) is 8.00. The number of cyclic esters (lactones) is 1. The highest BCUT2D eigenvalue weighted by Crippen LogP contribution is 2.37. The lowest BCUT2D eigenvalue weighted by molar-refractivity contribution is -0.265. The molecule has 3 fully saturated rings. The number of carbonyl (C=O) groups is 6. The zero-order valence-electron chi connectivity index (χ0n) is 54.4. The van der Waals surface area contributed by atoms with E-state index in [1.54, 1.807) is 35.0 Å². The van der Waals surface area contributed by atoms with E-state index >= 15 is 0 Å². The van der Waals surface area contributed by atoms with Gasteiger partial charge in [0.15, 0.2) is 5.78 Å². The number of allylic oxidation sites excluding steroid dienone is 6. The number of carbonyl (C=O) groups excluding carboxylic acids is 6. The normalized spacial score (nSPS) is 32.6. The third kappa shape index (κ3) is 26.6. The molecule has 3 heterocycles. The standard InChI is InChI=1S/C65H107N3O21/c1-43-15-11-10-12-16-44(2)55(79-8)41-50-20-18-48(6)65(77,89-50)61(73)62(74)68-23-14-13-17-52(68)63(75)87-56(42-53(69)45(3)38-47(5)59(71)60(72)58(70)46(4)37-43)51(66)39-49-19-21-54(57(40-49)80-9)88-64(76)67-22-24-81-27-28-83-31-32-85-35-36-86-34-33-84-30-29-82-26-25-78-7/h10-12,15-16,38,43,45-46,48-52,54-57,59-60,71-72,77H,13-14,17-37,39-42,66H2,1-9H3,(H,67,76)/b12-10+,15-11+,44-16+,47-38+/t43-,45-,46?,48-,49+,50+,51-,52+,54-,55+,56+,57-,59-,60+,65-/m1/s1. The Balaban J connectivity index is 1.38. The van der Waals surface area contributed by atoms with Crippen LogP contribution in [0.3, 0.4) is 0 Å². The number of aliphatic hydroxyl groups excluding tert-OH is 2. The summed E-state index contributed by atoms with van der Waals surface area (Å²) >= 11 is 0. The van der Waals surface area contributed by atoms with Crippen LogP contribution in [0.15, 0.2) is 47.6 Å². The Morgan fingerprint density at radius 1 is 0.719 bits per heavy atom. The van der Waals surface area contributed by atoms with Crippen LogP contribution in [0.4, 0.5) is 4.79 Å². The molecule has 1 saturated carbocycles. The van der Waals surface area contributed by atoms with E-state index in [1.807, 2.05) is 44.2 Å². The number of nitrogens with zero attached hydrogens (tertiary/aromatic N) is 1. The summed E-state index contributed by atoms with van der Waals surface area (Å²) in [6.45, 7) is 16.0. The molecular formula is C65H107N3O21. The molecule has 0 aromatic carbocycles. The maximum absolute atomic E-state index is 14.6. The number of alkyl carbamates (subject to hydrolysis) is 1. The fourth-order valence-corrected chi connectivity index (χ4v) is 11.5. The third-order valence-electron chi connectivity index (χ3n) is 17.0. The number of methoxy groups -OCH3 is 3. The summed E-state index contributed by atoms with van der Waals surface area (Å²) in [7, 11) is 4.69. The first kappa shape index (κ1) is 77.1. The number of ketones is 3. The predicted molar refractivity (Wildman–Crippen MR) is 328 cm³/mol. The van der Waals surface area contributed by atoms with Crippen molar-refractivity contribution in [3.05, 3.63) is 47.6 Å². The third-order valence-corrected chi connectivity index (χ3v) is 17.0. The highest BCUT2D eigenvalue weighted by Gasteiger charge is 2.53. The molecule has 24 heteroatoms. The van der Waals surface area contributed by atoms with Gasteiger partial charge in [0.25, 0.3) is 11.7 Å². The highest BCUT2D eigenvalue weighted by molar-refractivity contribution is 6.39. The smallest absolute Gasteiger partial charge is 0.407 e. The zero-order valence-corrected chi connectivity index (χ0v) is 54.4. The highest BCUT2D eigenvalue weighted by atomic mass is 16.6. The van der Waals surface area contributed by atoms with Gasteiger partial charge in [0.1, 0.15) is 36.2 Å². The van der Waals surface area contributed by atoms with E-state index in [9.17, 15) is 44.1 Å². The fraction of sp³-hybridized carbons (Fsp3) is 0.785. The number of Topliss-reactive ketones (excluding diaryl/α,β-unsaturated/α-hetero) is 3. The van der Waals surface area contributed by atoms with Gasteiger partial charge in [-0.2, -0.15) is 0 Å². The first-order valence-corrected chi connectivity index (χ1v) is 31.9. The number of hydrogen-bond acceptors (Lipinski definition) is 22. The minimum Gasteiger partial charge on any atom is -0.459 e. The molecule has 2 amide bonds. The SMILES string of the molecule is COCCOCCOCCOCCOCCOCCOCCNC(=O)O[C@@H]1CC[C@@H](C[C@@H](N)[C@@H]2CC(=O)[C@H](C)/C=C(\C)[C@@H](O)[C@@H](O)C(=O)C(C)C[C@H](C)/C=C/C=C/C=C(\C)[C@@H](OC)C[C@@H]3CC[C@@H](C)[C@@](O)(O3)C(=O)C(=O)N3CCCC[C@H]3C(=O)O2)C[C@H]1OC. The van der Waals surface area contributed by atoms with Crippen LogP contribution >= 0.6 is 0 Å². The largest absolute Gasteiger partial charge is 0.459 e. The van der Waals surface area contributed by atoms with Gasteiger partial charge in [-0.05, 0) is 101 Å². The van der Waals surface area contributed by atoms with E-state index in [2.05, 4.69) is 5.32 Å². The number of aliphatic hydroxyl groups is 3. The summed E-state index contributed by atoms with van der Waals surface area (Å²) in [6, 6.07) is -2.22. The quantitative estimate of drug-likeness (QED) is 0.0322. The number of fused-ring (bicyclic) bond motifs is 3. The Labute approximate surface area is 527 Å². The van der Waals surface area contributed by atoms with Crippen molar-refractivity contribution in [1.82, 2.24) is 10.2 Å². The van der Waals surface area contributed by atoms with Crippen molar-refractivity contribution < 1.29 is 101 Å². The van der Waals surface area contributed by atoms with Crippen LogP contribution in [-0.4, -0.2) is 236 Å². The molecule has 0 aromatic heterocycles. The Bertz CT molecular complexity index is 2260. The van der Waals surface area contributed by atoms with Crippen molar-refractivity contribution in [1.29, 1.82) is 0 Å². The minimum absolute atomic E-state index is 0.00840. The van der Waals surface area contributed by atoms with Gasteiger partial charge in [-0.3, -0.25) is 19.2 Å². The van der Waals surface area contributed by atoms with Gasteiger partial charge in [0, 0.05) is 71.1 Å². The van der Waals surface area contributed by atoms with Crippen molar-refractivity contribution in [2.75, 3.05) is 120 Å². The van der Waals surface area contributed by atoms with Crippen molar-refractivity contribution in [3.63, 3.8) is 0 Å². The van der Waals surface area contributed by atoms with Gasteiger partial charge in [0.05, 0.1) is 104 Å². The monoisotopic (exact) mass is 1270 g/mol. The van der Waals surface area contributed by atoms with E-state index in [0.717, 1.165) is 10.5 Å². The fourth-order valence-electron chi connectivity index (χ4n) is 11.5. The van der Waals surface area contributed by atoms with Crippen LogP contribution in [0.2, 0.25) is 0 Å². The number of nitrogens with two attached hydrogens (primary N) is 1. The Morgan fingerprint density at radius 2 is 1.34 bits per heavy atom. The second-order valence-corrected chi connectivity index (χ2v) is 24.0. The molecule has 4 aliphatic rings. The van der Waals surface area contributed by atoms with E-state index in [-0.39, 0.29) is 56.4 Å². The topological polar surface area (TPSA) is 315 Å². The van der Waals surface area contributed by atoms with Gasteiger partial charge in [0.2, 0.25) is 5.79 Å². The molecule has 15 atom stereocenters. The summed E-state index contributed by atoms with van der Waals surface area (Å²) < 4.78 is 67.7. The van der Waals surface area contributed by atoms with E-state index in [4.69, 9.17) is 62.6 Å². The molecule has 0 spiro atoms. The molecule has 2 bridgehead atoms. The maximum Gasteiger partial charge on any atom is 0.407 e. The molecule has 0 radical (unpaired) electrons. The van der Waals surface area contributed by atoms with Crippen molar-refractivity contribution in [2.45, 2.75) is 179 Å². The van der Waals surface area contributed by atoms with Gasteiger partial charge in [-0.1, -0.05) is 64.2 Å². The number of piperidine rings is 1. The van der Waals surface area contributed by atoms with Crippen molar-refractivity contribution >= 4 is 35.3 Å². The number of rotatable bonds is 27. The molecule has 24 nitrogen and oxygen atoms in total. The number of hydrogen-bond donors (Lipinski definition) is 5. The number of nitrogens with one attached hydrogen (secondary N) is 1. The van der Waals surface area contributed by atoms with Gasteiger partial charge in [-0.25, -0.2) is 9.59 Å². The molecule has 2 saturated heterocycles. The molecule has 4 rings (SSSR count). The molecule has 0 aromatic rings. The lowest BCUT2D eigenvalue weighted by atomic mass is 9.80. The predicted octanol–water partition coefficient (Wildman–Crippen LogP) is 4.70. The van der Waals surface area contributed by atoms with Crippen LogP contribution in [0.25, 0.3) is 0 Å². The van der Waals surface area contributed by atoms with Crippen LogP contribution < -0.4 is 11.1 Å².